The number of hydrogen-bond acceptors (Lipinski definition) is 6. The van der Waals surface area contributed by atoms with Crippen LogP contribution < -0.4 is 10.2 Å². The van der Waals surface area contributed by atoms with Crippen LogP contribution in [0.2, 0.25) is 0 Å². The van der Waals surface area contributed by atoms with E-state index >= 15 is 0 Å². The maximum Gasteiger partial charge on any atom is 0.262 e. The normalized spacial score (nSPS) is 15.9. The van der Waals surface area contributed by atoms with Crippen LogP contribution in [0.5, 0.6) is 0 Å². The molecule has 0 saturated carbocycles. The highest BCUT2D eigenvalue weighted by Crippen LogP contribution is 2.35. The monoisotopic (exact) mass is 367 g/mol. The van der Waals surface area contributed by atoms with Gasteiger partial charge < -0.3 is 25.5 Å². The van der Waals surface area contributed by atoms with Crippen LogP contribution in [0.4, 0.5) is 5.69 Å². The number of fused-ring (bicyclic) bond motifs is 1. The highest BCUT2D eigenvalue weighted by molar-refractivity contribution is 6.05. The molecule has 0 bridgehead atoms. The van der Waals surface area contributed by atoms with Gasteiger partial charge in [0.25, 0.3) is 5.91 Å². The largest absolute Gasteiger partial charge is 0.394 e. The molecule has 0 radical (unpaired) electrons. The third-order valence-corrected chi connectivity index (χ3v) is 4.46. The Morgan fingerprint density at radius 2 is 1.96 bits per heavy atom. The van der Waals surface area contributed by atoms with Gasteiger partial charge in [0.2, 0.25) is 0 Å². The number of hydrogen-bond donors (Lipinski definition) is 4. The lowest BCUT2D eigenvalue weighted by Crippen LogP contribution is -2.40. The molecule has 1 saturated heterocycles. The molecule has 7 nitrogen and oxygen atoms in total. The van der Waals surface area contributed by atoms with Crippen LogP contribution in [0.25, 0.3) is 16.8 Å². The van der Waals surface area contributed by atoms with Crippen molar-refractivity contribution in [2.24, 2.45) is 0 Å². The second-order valence-electron chi connectivity index (χ2n) is 6.41. The highest BCUT2D eigenvalue weighted by Gasteiger charge is 2.24. The summed E-state index contributed by atoms with van der Waals surface area (Å²) in [6.07, 6.45) is -1.13. The average Bonchev–Trinajstić information content (AvgIpc) is 3.53. The van der Waals surface area contributed by atoms with Crippen LogP contribution in [0.3, 0.4) is 0 Å². The van der Waals surface area contributed by atoms with Gasteiger partial charge in [-0.1, -0.05) is 36.4 Å². The fourth-order valence-corrected chi connectivity index (χ4v) is 2.87. The van der Waals surface area contributed by atoms with Crippen molar-refractivity contribution in [1.29, 1.82) is 5.26 Å². The smallest absolute Gasteiger partial charge is 0.262 e. The van der Waals surface area contributed by atoms with Gasteiger partial charge in [-0.25, -0.2) is 0 Å². The highest BCUT2D eigenvalue weighted by atomic mass is 16.4. The second kappa shape index (κ2) is 8.18. The van der Waals surface area contributed by atoms with E-state index in [4.69, 9.17) is 5.11 Å². The Morgan fingerprint density at radius 1 is 1.22 bits per heavy atom. The first-order chi connectivity index (χ1) is 13.0. The van der Waals surface area contributed by atoms with E-state index in [9.17, 15) is 20.3 Å². The van der Waals surface area contributed by atoms with E-state index in [0.29, 0.717) is 0 Å². The Labute approximate surface area is 156 Å². The molecule has 27 heavy (non-hydrogen) atoms. The molecule has 1 fully saturated rings. The van der Waals surface area contributed by atoms with Crippen LogP contribution in [0, 0.1) is 11.3 Å². The summed E-state index contributed by atoms with van der Waals surface area (Å²) >= 11 is 0. The minimum Gasteiger partial charge on any atom is -0.394 e. The second-order valence-corrected chi connectivity index (χ2v) is 6.41. The van der Waals surface area contributed by atoms with Crippen molar-refractivity contribution in [3.8, 4) is 6.07 Å². The van der Waals surface area contributed by atoms with Crippen molar-refractivity contribution in [2.75, 3.05) is 31.1 Å². The first-order valence-corrected chi connectivity index (χ1v) is 8.69. The Balaban J connectivity index is 1.87. The van der Waals surface area contributed by atoms with Crippen LogP contribution in [0.1, 0.15) is 5.56 Å². The summed E-state index contributed by atoms with van der Waals surface area (Å²) in [5.74, 6) is -0.647. The molecule has 2 aromatic rings. The molecule has 2 aromatic carbocycles. The molecule has 1 aliphatic rings. The molecule has 140 valence electrons. The van der Waals surface area contributed by atoms with Gasteiger partial charge in [-0.15, -0.1) is 0 Å². The van der Waals surface area contributed by atoms with Crippen molar-refractivity contribution in [1.82, 2.24) is 5.32 Å². The maximum absolute atomic E-state index is 12.3. The molecular weight excluding hydrogens is 346 g/mol. The van der Waals surface area contributed by atoms with Gasteiger partial charge in [0.15, 0.2) is 0 Å². The number of nitrogens with one attached hydrogen (secondary N) is 1. The SMILES string of the molecule is N#C/C(=C\c1ccc2ccccc2c1N1CC1)C(=O)NCC(O)C(O)CO. The molecule has 0 aliphatic carbocycles. The summed E-state index contributed by atoms with van der Waals surface area (Å²) in [7, 11) is 0. The van der Waals surface area contributed by atoms with Crippen LogP contribution >= 0.6 is 0 Å². The standard InChI is InChI=1S/C20H21N3O4/c21-10-15(20(27)22-11-17(25)18(26)12-24)9-14-6-5-13-3-1-2-4-16(13)19(14)23-7-8-23/h1-6,9,17-18,24-26H,7-8,11-12H2,(H,22,27)/b15-9+. The molecule has 1 heterocycles. The van der Waals surface area contributed by atoms with Crippen molar-refractivity contribution >= 4 is 28.4 Å². The number of carbonyl (C=O) groups is 1. The van der Waals surface area contributed by atoms with E-state index in [-0.39, 0.29) is 12.1 Å². The zero-order valence-electron chi connectivity index (χ0n) is 14.7. The first kappa shape index (κ1) is 18.9. The number of anilines is 1. The van der Waals surface area contributed by atoms with Crippen molar-refractivity contribution in [2.45, 2.75) is 12.2 Å². The molecule has 2 unspecified atom stereocenters. The van der Waals surface area contributed by atoms with Gasteiger partial charge in [0.05, 0.1) is 18.4 Å². The Kier molecular flexibility index (Phi) is 5.72. The Hall–Kier alpha value is -2.92. The van der Waals surface area contributed by atoms with Gasteiger partial charge in [-0.05, 0) is 17.0 Å². The van der Waals surface area contributed by atoms with E-state index in [0.717, 1.165) is 35.1 Å². The van der Waals surface area contributed by atoms with E-state index < -0.39 is 24.7 Å². The molecule has 1 amide bonds. The maximum atomic E-state index is 12.3. The fraction of sp³-hybridized carbons (Fsp3) is 0.300. The lowest BCUT2D eigenvalue weighted by molar-refractivity contribution is -0.118. The van der Waals surface area contributed by atoms with Crippen LogP contribution in [-0.2, 0) is 4.79 Å². The number of aliphatic hydroxyl groups excluding tert-OH is 3. The van der Waals surface area contributed by atoms with E-state index in [1.54, 1.807) is 0 Å². The van der Waals surface area contributed by atoms with Crippen molar-refractivity contribution in [3.05, 3.63) is 47.5 Å². The number of amides is 1. The summed E-state index contributed by atoms with van der Waals surface area (Å²) < 4.78 is 0. The average molecular weight is 367 g/mol. The van der Waals surface area contributed by atoms with E-state index in [2.05, 4.69) is 10.2 Å². The summed E-state index contributed by atoms with van der Waals surface area (Å²) in [6, 6.07) is 13.7. The topological polar surface area (TPSA) is 117 Å². The quantitative estimate of drug-likeness (QED) is 0.320. The minimum absolute atomic E-state index is 0.0981. The zero-order valence-corrected chi connectivity index (χ0v) is 14.7. The first-order valence-electron chi connectivity index (χ1n) is 8.69. The van der Waals surface area contributed by atoms with Gasteiger partial charge in [0, 0.05) is 25.0 Å². The molecule has 2 atom stereocenters. The van der Waals surface area contributed by atoms with Crippen LogP contribution in [0.15, 0.2) is 42.0 Å². The molecular formula is C20H21N3O4. The van der Waals surface area contributed by atoms with E-state index in [1.165, 1.54) is 6.08 Å². The number of nitriles is 1. The van der Waals surface area contributed by atoms with Crippen molar-refractivity contribution < 1.29 is 20.1 Å². The van der Waals surface area contributed by atoms with Crippen molar-refractivity contribution in [3.63, 3.8) is 0 Å². The molecule has 1 aliphatic heterocycles. The van der Waals surface area contributed by atoms with Gasteiger partial charge in [0.1, 0.15) is 17.7 Å². The number of nitrogens with zero attached hydrogens (tertiary/aromatic N) is 2. The predicted octanol–water partition coefficient (Wildman–Crippen LogP) is 0.397. The fourth-order valence-electron chi connectivity index (χ4n) is 2.87. The summed E-state index contributed by atoms with van der Waals surface area (Å²) in [5.41, 5.74) is 1.66. The van der Waals surface area contributed by atoms with Crippen LogP contribution in [-0.4, -0.2) is 59.7 Å². The number of benzene rings is 2. The molecule has 4 N–H and O–H groups in total. The van der Waals surface area contributed by atoms with Gasteiger partial charge in [-0.2, -0.15) is 5.26 Å². The number of rotatable bonds is 7. The lowest BCUT2D eigenvalue weighted by atomic mass is 10.0. The summed E-state index contributed by atoms with van der Waals surface area (Å²) in [5, 5.41) is 41.7. The predicted molar refractivity (Wildman–Crippen MR) is 102 cm³/mol. The summed E-state index contributed by atoms with van der Waals surface area (Å²) in [4.78, 5) is 14.5. The minimum atomic E-state index is -1.35. The summed E-state index contributed by atoms with van der Waals surface area (Å²) in [6.45, 7) is 0.965. The third-order valence-electron chi connectivity index (χ3n) is 4.46. The number of aliphatic hydroxyl groups is 3. The molecule has 7 heteroatoms. The van der Waals surface area contributed by atoms with Gasteiger partial charge in [-0.3, -0.25) is 4.79 Å². The third kappa shape index (κ3) is 4.26. The number of carbonyl (C=O) groups excluding carboxylic acids is 1. The Morgan fingerprint density at radius 3 is 2.63 bits per heavy atom. The molecule has 0 spiro atoms. The zero-order chi connectivity index (χ0) is 19.4. The molecule has 3 rings (SSSR count). The van der Waals surface area contributed by atoms with Gasteiger partial charge >= 0.3 is 0 Å². The lowest BCUT2D eigenvalue weighted by Gasteiger charge is -2.16. The van der Waals surface area contributed by atoms with E-state index in [1.807, 2.05) is 42.5 Å². The molecule has 0 aromatic heterocycles. The Bertz CT molecular complexity index is 915.